The average Bonchev–Trinajstić information content (AvgIpc) is 2.31. The molecule has 1 aromatic carbocycles. The summed E-state index contributed by atoms with van der Waals surface area (Å²) in [6.07, 6.45) is 0. The van der Waals surface area contributed by atoms with Crippen molar-refractivity contribution in [3.05, 3.63) is 23.2 Å². The van der Waals surface area contributed by atoms with Crippen molar-refractivity contribution in [3.8, 4) is 5.75 Å². The van der Waals surface area contributed by atoms with Crippen LogP contribution < -0.4 is 10.1 Å². The summed E-state index contributed by atoms with van der Waals surface area (Å²) in [7, 11) is 1.61. The van der Waals surface area contributed by atoms with Gasteiger partial charge in [0.25, 0.3) is 0 Å². The molecule has 0 atom stereocenters. The molecule has 0 heterocycles. The normalized spacial score (nSPS) is 11.1. The number of anilines is 1. The van der Waals surface area contributed by atoms with E-state index in [1.165, 1.54) is 4.90 Å². The first kappa shape index (κ1) is 16.6. The van der Waals surface area contributed by atoms with Crippen LogP contribution in [0.15, 0.2) is 18.2 Å². The van der Waals surface area contributed by atoms with Crippen LogP contribution in [0.5, 0.6) is 5.75 Å². The highest BCUT2D eigenvalue weighted by molar-refractivity contribution is 6.32. The van der Waals surface area contributed by atoms with Gasteiger partial charge in [0, 0.05) is 7.05 Å². The monoisotopic (exact) mass is 300 g/mol. The van der Waals surface area contributed by atoms with Crippen molar-refractivity contribution in [2.24, 2.45) is 0 Å². The summed E-state index contributed by atoms with van der Waals surface area (Å²) in [4.78, 5) is 13.5. The number of ether oxygens (including phenoxy) is 1. The fourth-order valence-electron chi connectivity index (χ4n) is 1.76. The van der Waals surface area contributed by atoms with Gasteiger partial charge in [-0.25, -0.2) is 4.79 Å². The maximum Gasteiger partial charge on any atom is 0.321 e. The molecule has 0 fully saturated rings. The van der Waals surface area contributed by atoms with E-state index < -0.39 is 5.60 Å². The Labute approximate surface area is 124 Å². The molecule has 20 heavy (non-hydrogen) atoms. The lowest BCUT2D eigenvalue weighted by Gasteiger charge is -2.26. The van der Waals surface area contributed by atoms with Crippen LogP contribution in [0.4, 0.5) is 10.5 Å². The molecular weight excluding hydrogens is 280 g/mol. The van der Waals surface area contributed by atoms with Crippen LogP contribution in [0, 0.1) is 0 Å². The number of carbonyl (C=O) groups is 1. The second kappa shape index (κ2) is 6.81. The Hall–Kier alpha value is -1.46. The number of urea groups is 1. The van der Waals surface area contributed by atoms with Gasteiger partial charge in [0.15, 0.2) is 5.75 Å². The smallest absolute Gasteiger partial charge is 0.321 e. The summed E-state index contributed by atoms with van der Waals surface area (Å²) in [6.45, 7) is 5.79. The first-order chi connectivity index (χ1) is 9.24. The standard InChI is InChI=1S/C14H21ClN2O3/c1-5-20-12-10(15)7-6-8-11(12)16-13(18)17(4)9-14(2,3)19/h6-8,19H,5,9H2,1-4H3,(H,16,18). The SMILES string of the molecule is CCOc1c(Cl)cccc1NC(=O)N(C)CC(C)(C)O. The van der Waals surface area contributed by atoms with Crippen LogP contribution in [0.2, 0.25) is 5.02 Å². The number of rotatable bonds is 5. The predicted molar refractivity (Wildman–Crippen MR) is 80.6 cm³/mol. The number of hydrogen-bond donors (Lipinski definition) is 2. The largest absolute Gasteiger partial charge is 0.490 e. The second-order valence-electron chi connectivity index (χ2n) is 5.15. The summed E-state index contributed by atoms with van der Waals surface area (Å²) in [5, 5.41) is 12.9. The number of nitrogens with one attached hydrogen (secondary N) is 1. The van der Waals surface area contributed by atoms with Crippen molar-refractivity contribution in [1.29, 1.82) is 0 Å². The van der Waals surface area contributed by atoms with Gasteiger partial charge >= 0.3 is 6.03 Å². The molecule has 112 valence electrons. The molecule has 0 spiro atoms. The Morgan fingerprint density at radius 2 is 2.15 bits per heavy atom. The third kappa shape index (κ3) is 4.90. The first-order valence-corrected chi connectivity index (χ1v) is 6.78. The number of benzene rings is 1. The van der Waals surface area contributed by atoms with E-state index in [2.05, 4.69) is 5.32 Å². The van der Waals surface area contributed by atoms with Gasteiger partial charge in [-0.05, 0) is 32.9 Å². The number of halogens is 1. The first-order valence-electron chi connectivity index (χ1n) is 6.40. The molecule has 2 N–H and O–H groups in total. The Kier molecular flexibility index (Phi) is 5.65. The summed E-state index contributed by atoms with van der Waals surface area (Å²) in [6, 6.07) is 4.81. The zero-order chi connectivity index (χ0) is 15.3. The maximum atomic E-state index is 12.1. The fourth-order valence-corrected chi connectivity index (χ4v) is 1.99. The van der Waals surface area contributed by atoms with Crippen molar-refractivity contribution < 1.29 is 14.6 Å². The zero-order valence-electron chi connectivity index (χ0n) is 12.2. The van der Waals surface area contributed by atoms with E-state index in [9.17, 15) is 9.90 Å². The summed E-state index contributed by atoms with van der Waals surface area (Å²) >= 11 is 6.05. The molecule has 0 aromatic heterocycles. The minimum absolute atomic E-state index is 0.212. The third-order valence-corrected chi connectivity index (χ3v) is 2.77. The summed E-state index contributed by atoms with van der Waals surface area (Å²) < 4.78 is 5.43. The van der Waals surface area contributed by atoms with E-state index >= 15 is 0 Å². The number of hydrogen-bond acceptors (Lipinski definition) is 3. The number of amides is 2. The van der Waals surface area contributed by atoms with Crippen molar-refractivity contribution >= 4 is 23.3 Å². The molecule has 2 amide bonds. The lowest BCUT2D eigenvalue weighted by molar-refractivity contribution is 0.0550. The van der Waals surface area contributed by atoms with Crippen LogP contribution in [0.3, 0.4) is 0 Å². The molecule has 0 aliphatic carbocycles. The van der Waals surface area contributed by atoms with Gasteiger partial charge in [0.2, 0.25) is 0 Å². The van der Waals surface area contributed by atoms with Crippen LogP contribution in [0.25, 0.3) is 0 Å². The van der Waals surface area contributed by atoms with Gasteiger partial charge in [0.1, 0.15) is 0 Å². The highest BCUT2D eigenvalue weighted by Crippen LogP contribution is 2.33. The molecule has 5 nitrogen and oxygen atoms in total. The van der Waals surface area contributed by atoms with Crippen molar-refractivity contribution in [2.45, 2.75) is 26.4 Å². The van der Waals surface area contributed by atoms with Crippen molar-refractivity contribution in [2.75, 3.05) is 25.5 Å². The molecule has 0 bridgehead atoms. The quantitative estimate of drug-likeness (QED) is 0.879. The minimum atomic E-state index is -0.955. The Balaban J connectivity index is 2.83. The van der Waals surface area contributed by atoms with Gasteiger partial charge in [-0.3, -0.25) is 0 Å². The predicted octanol–water partition coefficient (Wildman–Crippen LogP) is 2.97. The second-order valence-corrected chi connectivity index (χ2v) is 5.56. The number of likely N-dealkylation sites (N-methyl/N-ethyl adjacent to an activating group) is 1. The van der Waals surface area contributed by atoms with E-state index in [-0.39, 0.29) is 12.6 Å². The fraction of sp³-hybridized carbons (Fsp3) is 0.500. The number of aliphatic hydroxyl groups is 1. The Morgan fingerprint density at radius 1 is 1.50 bits per heavy atom. The van der Waals surface area contributed by atoms with Gasteiger partial charge in [-0.1, -0.05) is 17.7 Å². The maximum absolute atomic E-state index is 12.1. The van der Waals surface area contributed by atoms with Gasteiger partial charge in [-0.2, -0.15) is 0 Å². The van der Waals surface area contributed by atoms with Crippen LogP contribution in [-0.4, -0.2) is 41.8 Å². The van der Waals surface area contributed by atoms with E-state index in [4.69, 9.17) is 16.3 Å². The zero-order valence-corrected chi connectivity index (χ0v) is 13.0. The minimum Gasteiger partial charge on any atom is -0.490 e. The van der Waals surface area contributed by atoms with Crippen LogP contribution in [-0.2, 0) is 0 Å². The Bertz CT molecular complexity index is 472. The third-order valence-electron chi connectivity index (χ3n) is 2.47. The molecule has 1 rings (SSSR count). The van der Waals surface area contributed by atoms with Gasteiger partial charge in [-0.15, -0.1) is 0 Å². The van der Waals surface area contributed by atoms with E-state index in [0.717, 1.165) is 0 Å². The molecule has 0 radical (unpaired) electrons. The number of carbonyl (C=O) groups excluding carboxylic acids is 1. The van der Waals surface area contributed by atoms with E-state index in [1.807, 2.05) is 6.92 Å². The molecular formula is C14H21ClN2O3. The van der Waals surface area contributed by atoms with Crippen LogP contribution >= 0.6 is 11.6 Å². The summed E-state index contributed by atoms with van der Waals surface area (Å²) in [5.74, 6) is 0.446. The lowest BCUT2D eigenvalue weighted by Crippen LogP contribution is -2.41. The van der Waals surface area contributed by atoms with E-state index in [1.54, 1.807) is 39.1 Å². The summed E-state index contributed by atoms with van der Waals surface area (Å²) in [5.41, 5.74) is -0.449. The average molecular weight is 301 g/mol. The van der Waals surface area contributed by atoms with Gasteiger partial charge in [0.05, 0.1) is 29.5 Å². The molecule has 0 aliphatic rings. The molecule has 6 heteroatoms. The molecule has 0 saturated carbocycles. The van der Waals surface area contributed by atoms with Crippen molar-refractivity contribution in [1.82, 2.24) is 4.90 Å². The highest BCUT2D eigenvalue weighted by Gasteiger charge is 2.20. The number of para-hydroxylation sites is 1. The molecule has 0 unspecified atom stereocenters. The van der Waals surface area contributed by atoms with Gasteiger partial charge < -0.3 is 20.1 Å². The number of nitrogens with zero attached hydrogens (tertiary/aromatic N) is 1. The van der Waals surface area contributed by atoms with Crippen LogP contribution in [0.1, 0.15) is 20.8 Å². The highest BCUT2D eigenvalue weighted by atomic mass is 35.5. The lowest BCUT2D eigenvalue weighted by atomic mass is 10.1. The van der Waals surface area contributed by atoms with E-state index in [0.29, 0.717) is 23.1 Å². The molecule has 0 saturated heterocycles. The molecule has 0 aliphatic heterocycles. The topological polar surface area (TPSA) is 61.8 Å². The molecule has 1 aromatic rings. The van der Waals surface area contributed by atoms with Crippen molar-refractivity contribution in [3.63, 3.8) is 0 Å². The Morgan fingerprint density at radius 3 is 2.70 bits per heavy atom.